The van der Waals surface area contributed by atoms with Gasteiger partial charge in [0.1, 0.15) is 0 Å². The molecule has 1 unspecified atom stereocenters. The topological polar surface area (TPSA) is 9.23 Å². The summed E-state index contributed by atoms with van der Waals surface area (Å²) in [5.74, 6) is 0.451. The zero-order valence-electron chi connectivity index (χ0n) is 12.1. The first kappa shape index (κ1) is 15.9. The smallest absolute Gasteiger partial charge is 0.204 e. The van der Waals surface area contributed by atoms with Crippen molar-refractivity contribution >= 4 is 25.0 Å². The summed E-state index contributed by atoms with van der Waals surface area (Å²) in [5.41, 5.74) is 2.98. The third kappa shape index (κ3) is 4.86. The van der Waals surface area contributed by atoms with Crippen molar-refractivity contribution in [3.63, 3.8) is 0 Å². The first-order valence-electron chi connectivity index (χ1n) is 6.44. The van der Waals surface area contributed by atoms with Crippen LogP contribution in [0.25, 0.3) is 0 Å². The lowest BCUT2D eigenvalue weighted by molar-refractivity contribution is 0.305. The molecule has 1 radical (unpaired) electrons. The van der Waals surface area contributed by atoms with Crippen LogP contribution in [0.3, 0.4) is 0 Å². The lowest BCUT2D eigenvalue weighted by Gasteiger charge is -2.22. The molecule has 101 valence electrons. The van der Waals surface area contributed by atoms with Gasteiger partial charge in [-0.2, -0.15) is 0 Å². The summed E-state index contributed by atoms with van der Waals surface area (Å²) in [6.07, 6.45) is 0. The van der Waals surface area contributed by atoms with Crippen molar-refractivity contribution in [2.75, 3.05) is 11.9 Å². The Morgan fingerprint density at radius 3 is 2.44 bits per heavy atom. The second kappa shape index (κ2) is 6.87. The van der Waals surface area contributed by atoms with Gasteiger partial charge in [0.15, 0.2) is 0 Å². The molecule has 1 aromatic rings. The van der Waals surface area contributed by atoms with Gasteiger partial charge in [-0.25, -0.2) is 0 Å². The molecule has 1 atom stereocenters. The van der Waals surface area contributed by atoms with Crippen LogP contribution in [0.5, 0.6) is 0 Å². The summed E-state index contributed by atoms with van der Waals surface area (Å²) in [4.78, 5) is 0. The molecule has 0 heterocycles. The van der Waals surface area contributed by atoms with Crippen LogP contribution in [0.4, 0.5) is 0 Å². The quantitative estimate of drug-likeness (QED) is 0.561. The fraction of sp³-hybridized carbons (Fsp3) is 0.600. The molecule has 3 heteroatoms. The van der Waals surface area contributed by atoms with Crippen LogP contribution in [0.1, 0.15) is 37.8 Å². The Morgan fingerprint density at radius 2 is 1.94 bits per heavy atom. The molecule has 0 bridgehead atoms. The van der Waals surface area contributed by atoms with Crippen molar-refractivity contribution in [1.29, 1.82) is 0 Å². The molecule has 0 amide bonds. The van der Waals surface area contributed by atoms with Gasteiger partial charge in [-0.1, -0.05) is 61.0 Å². The van der Waals surface area contributed by atoms with E-state index in [1.807, 2.05) is 0 Å². The van der Waals surface area contributed by atoms with E-state index in [9.17, 15) is 0 Å². The Hall–Kier alpha value is -0.123. The Labute approximate surface area is 122 Å². The van der Waals surface area contributed by atoms with Crippen molar-refractivity contribution < 1.29 is 4.43 Å². The van der Waals surface area contributed by atoms with E-state index in [0.717, 1.165) is 11.9 Å². The molecule has 0 spiro atoms. The molecule has 0 saturated heterocycles. The normalized spacial score (nSPS) is 13.9. The lowest BCUT2D eigenvalue weighted by Crippen LogP contribution is -2.17. The van der Waals surface area contributed by atoms with Crippen molar-refractivity contribution in [2.45, 2.75) is 45.2 Å². The van der Waals surface area contributed by atoms with E-state index in [1.54, 1.807) is 0 Å². The second-order valence-corrected chi connectivity index (χ2v) is 8.70. The molecule has 1 nitrogen and oxygen atoms in total. The third-order valence-electron chi connectivity index (χ3n) is 2.98. The van der Waals surface area contributed by atoms with Crippen molar-refractivity contribution in [3.05, 3.63) is 35.4 Å². The monoisotopic (exact) mass is 327 g/mol. The number of rotatable bonds is 5. The maximum Gasteiger partial charge on any atom is 0.204 e. The number of hydrogen-bond donors (Lipinski definition) is 0. The largest absolute Gasteiger partial charge is 0.417 e. The SMILES string of the molecule is C[Si](C)OCC(CBr)c1cccc(C(C)(C)C)c1. The van der Waals surface area contributed by atoms with E-state index in [4.69, 9.17) is 4.43 Å². The van der Waals surface area contributed by atoms with Crippen LogP contribution < -0.4 is 0 Å². The molecule has 0 aromatic heterocycles. The number of benzene rings is 1. The highest BCUT2D eigenvalue weighted by molar-refractivity contribution is 9.09. The zero-order valence-corrected chi connectivity index (χ0v) is 14.7. The molecule has 1 rings (SSSR count). The van der Waals surface area contributed by atoms with Crippen molar-refractivity contribution in [3.8, 4) is 0 Å². The van der Waals surface area contributed by atoms with Crippen LogP contribution in [-0.4, -0.2) is 21.0 Å². The summed E-state index contributed by atoms with van der Waals surface area (Å²) in [5, 5.41) is 0.954. The molecule has 0 aliphatic heterocycles. The Bertz CT molecular complexity index is 371. The molecule has 0 aliphatic rings. The first-order chi connectivity index (χ1) is 8.34. The van der Waals surface area contributed by atoms with Gasteiger partial charge in [-0.05, 0) is 29.6 Å². The summed E-state index contributed by atoms with van der Waals surface area (Å²) in [6.45, 7) is 11.9. The maximum absolute atomic E-state index is 5.85. The molecule has 1 aromatic carbocycles. The van der Waals surface area contributed by atoms with E-state index in [2.05, 4.69) is 74.1 Å². The molecule has 0 aliphatic carbocycles. The van der Waals surface area contributed by atoms with E-state index in [-0.39, 0.29) is 5.41 Å². The highest BCUT2D eigenvalue weighted by Crippen LogP contribution is 2.27. The average molecular weight is 328 g/mol. The number of hydrogen-bond acceptors (Lipinski definition) is 1. The Kier molecular flexibility index (Phi) is 6.08. The average Bonchev–Trinajstić information content (AvgIpc) is 2.29. The van der Waals surface area contributed by atoms with Crippen LogP contribution in [0.15, 0.2) is 24.3 Å². The Balaban J connectivity index is 2.86. The van der Waals surface area contributed by atoms with Gasteiger partial charge in [0.25, 0.3) is 0 Å². The zero-order chi connectivity index (χ0) is 13.8. The van der Waals surface area contributed by atoms with E-state index in [0.29, 0.717) is 5.92 Å². The predicted octanol–water partition coefficient (Wildman–Crippen LogP) is 4.73. The van der Waals surface area contributed by atoms with E-state index < -0.39 is 9.04 Å². The second-order valence-electron chi connectivity index (χ2n) is 5.95. The summed E-state index contributed by atoms with van der Waals surface area (Å²) in [6, 6.07) is 8.91. The first-order valence-corrected chi connectivity index (χ1v) is 9.97. The maximum atomic E-state index is 5.85. The highest BCUT2D eigenvalue weighted by Gasteiger charge is 2.17. The molecular formula is C15H24BrOSi. The van der Waals surface area contributed by atoms with Gasteiger partial charge in [-0.3, -0.25) is 0 Å². The van der Waals surface area contributed by atoms with Gasteiger partial charge in [0.05, 0.1) is 0 Å². The van der Waals surface area contributed by atoms with Gasteiger partial charge >= 0.3 is 0 Å². The van der Waals surface area contributed by atoms with Gasteiger partial charge in [-0.15, -0.1) is 0 Å². The van der Waals surface area contributed by atoms with Crippen LogP contribution in [0, 0.1) is 0 Å². The minimum Gasteiger partial charge on any atom is -0.417 e. The molecule has 0 fully saturated rings. The highest BCUT2D eigenvalue weighted by atomic mass is 79.9. The van der Waals surface area contributed by atoms with Gasteiger partial charge in [0, 0.05) is 17.9 Å². The summed E-state index contributed by atoms with van der Waals surface area (Å²) in [7, 11) is -0.605. The summed E-state index contributed by atoms with van der Waals surface area (Å²) >= 11 is 3.61. The molecular weight excluding hydrogens is 304 g/mol. The van der Waals surface area contributed by atoms with Gasteiger partial charge < -0.3 is 4.43 Å². The van der Waals surface area contributed by atoms with Crippen molar-refractivity contribution in [1.82, 2.24) is 0 Å². The minimum absolute atomic E-state index is 0.207. The summed E-state index contributed by atoms with van der Waals surface area (Å²) < 4.78 is 5.85. The van der Waals surface area contributed by atoms with Crippen LogP contribution in [-0.2, 0) is 9.84 Å². The van der Waals surface area contributed by atoms with E-state index in [1.165, 1.54) is 11.1 Å². The Morgan fingerprint density at radius 1 is 1.28 bits per heavy atom. The molecule has 0 saturated carbocycles. The lowest BCUT2D eigenvalue weighted by atomic mass is 9.85. The standard InChI is InChI=1S/C15H24BrOSi/c1-15(2,3)14-8-6-7-12(9-14)13(10-16)11-17-18(4)5/h6-9,13H,10-11H2,1-5H3. The predicted molar refractivity (Wildman–Crippen MR) is 85.1 cm³/mol. The number of alkyl halides is 1. The third-order valence-corrected chi connectivity index (χ3v) is 4.51. The van der Waals surface area contributed by atoms with Crippen LogP contribution >= 0.6 is 15.9 Å². The fourth-order valence-electron chi connectivity index (χ4n) is 1.76. The number of halogens is 1. The van der Waals surface area contributed by atoms with Crippen LogP contribution in [0.2, 0.25) is 13.1 Å². The molecule has 0 N–H and O–H groups in total. The fourth-order valence-corrected chi connectivity index (χ4v) is 2.85. The van der Waals surface area contributed by atoms with Crippen molar-refractivity contribution in [2.24, 2.45) is 0 Å². The van der Waals surface area contributed by atoms with E-state index >= 15 is 0 Å². The minimum atomic E-state index is -0.605. The molecule has 18 heavy (non-hydrogen) atoms. The van der Waals surface area contributed by atoms with Gasteiger partial charge in [0.2, 0.25) is 9.04 Å².